The second-order valence-corrected chi connectivity index (χ2v) is 5.39. The minimum absolute atomic E-state index is 0.0688. The molecule has 0 aliphatic carbocycles. The fourth-order valence-electron chi connectivity index (χ4n) is 1.68. The molecule has 1 unspecified atom stereocenters. The van der Waals surface area contributed by atoms with E-state index in [-0.39, 0.29) is 24.1 Å². The van der Waals surface area contributed by atoms with Crippen molar-refractivity contribution in [2.24, 2.45) is 5.73 Å². The van der Waals surface area contributed by atoms with Crippen LogP contribution in [0.4, 0.5) is 11.4 Å². The molecule has 2 rings (SSSR count). The van der Waals surface area contributed by atoms with Gasteiger partial charge in [0, 0.05) is 23.2 Å². The molecule has 0 saturated heterocycles. The highest BCUT2D eigenvalue weighted by atomic mass is 32.1. The Balaban J connectivity index is 2.01. The number of nitrogens with two attached hydrogens (primary N) is 1. The third-order valence-corrected chi connectivity index (χ3v) is 3.74. The molecule has 0 spiro atoms. The molecule has 0 fully saturated rings. The zero-order valence-electron chi connectivity index (χ0n) is 11.3. The summed E-state index contributed by atoms with van der Waals surface area (Å²) < 4.78 is 0. The van der Waals surface area contributed by atoms with E-state index in [1.54, 1.807) is 11.4 Å². The minimum Gasteiger partial charge on any atom is -0.325 e. The van der Waals surface area contributed by atoms with Crippen molar-refractivity contribution in [3.05, 3.63) is 50.5 Å². The number of nitro groups is 1. The second-order valence-electron chi connectivity index (χ2n) is 4.50. The molecule has 0 aliphatic rings. The van der Waals surface area contributed by atoms with Crippen LogP contribution in [0, 0.1) is 10.1 Å². The van der Waals surface area contributed by atoms with Crippen LogP contribution in [0.3, 0.4) is 0 Å². The van der Waals surface area contributed by atoms with Gasteiger partial charge in [-0.1, -0.05) is 6.07 Å². The number of benzene rings is 1. The molecule has 1 atom stereocenters. The monoisotopic (exact) mass is 306 g/mol. The molecule has 0 radical (unpaired) electrons. The van der Waals surface area contributed by atoms with Crippen molar-refractivity contribution in [3.63, 3.8) is 0 Å². The summed E-state index contributed by atoms with van der Waals surface area (Å²) in [5, 5.41) is 15.8. The summed E-state index contributed by atoms with van der Waals surface area (Å²) in [5.41, 5.74) is 6.66. The first-order chi connectivity index (χ1) is 9.95. The van der Waals surface area contributed by atoms with Gasteiger partial charge < -0.3 is 11.1 Å². The fourth-order valence-corrected chi connectivity index (χ4v) is 2.46. The Morgan fingerprint density at radius 2 is 2.33 bits per heavy atom. The Kier molecular flexibility index (Phi) is 4.61. The zero-order valence-corrected chi connectivity index (χ0v) is 12.1. The summed E-state index contributed by atoms with van der Waals surface area (Å²) in [5.74, 6) is -0.281. The Morgan fingerprint density at radius 1 is 1.57 bits per heavy atom. The van der Waals surface area contributed by atoms with Gasteiger partial charge in [0.05, 0.1) is 23.1 Å². The molecule has 0 aliphatic heterocycles. The van der Waals surface area contributed by atoms with Crippen molar-refractivity contribution in [2.45, 2.75) is 19.4 Å². The number of non-ortho nitro benzene ring substituents is 1. The van der Waals surface area contributed by atoms with E-state index in [1.807, 2.05) is 6.92 Å². The number of anilines is 1. The third-order valence-electron chi connectivity index (χ3n) is 2.64. The van der Waals surface area contributed by atoms with Gasteiger partial charge in [-0.05, 0) is 13.0 Å². The SMILES string of the molecule is CC(N)c1nc(CC(=O)Nc2cccc([N+](=O)[O-])c2)cs1. The Hall–Kier alpha value is -2.32. The van der Waals surface area contributed by atoms with Crippen molar-refractivity contribution in [2.75, 3.05) is 5.32 Å². The number of amides is 1. The van der Waals surface area contributed by atoms with Gasteiger partial charge in [0.15, 0.2) is 0 Å². The van der Waals surface area contributed by atoms with Crippen molar-refractivity contribution < 1.29 is 9.72 Å². The van der Waals surface area contributed by atoms with Crippen LogP contribution in [-0.4, -0.2) is 15.8 Å². The summed E-state index contributed by atoms with van der Waals surface area (Å²) in [6.45, 7) is 1.83. The quantitative estimate of drug-likeness (QED) is 0.650. The molecule has 1 heterocycles. The largest absolute Gasteiger partial charge is 0.325 e. The van der Waals surface area contributed by atoms with Gasteiger partial charge in [-0.15, -0.1) is 11.3 Å². The zero-order chi connectivity index (χ0) is 15.4. The number of hydrogen-bond acceptors (Lipinski definition) is 6. The van der Waals surface area contributed by atoms with Gasteiger partial charge >= 0.3 is 0 Å². The minimum atomic E-state index is -0.509. The summed E-state index contributed by atoms with van der Waals surface area (Å²) in [7, 11) is 0. The first-order valence-corrected chi connectivity index (χ1v) is 7.08. The molecule has 0 bridgehead atoms. The summed E-state index contributed by atoms with van der Waals surface area (Å²) in [6, 6.07) is 5.63. The topological polar surface area (TPSA) is 111 Å². The fraction of sp³-hybridized carbons (Fsp3) is 0.231. The molecule has 1 amide bonds. The lowest BCUT2D eigenvalue weighted by molar-refractivity contribution is -0.384. The van der Waals surface area contributed by atoms with E-state index in [1.165, 1.54) is 29.5 Å². The first kappa shape index (κ1) is 15.1. The lowest BCUT2D eigenvalue weighted by Crippen LogP contribution is -2.15. The van der Waals surface area contributed by atoms with Crippen molar-refractivity contribution >= 4 is 28.6 Å². The maximum absolute atomic E-state index is 11.9. The Labute approximate surface area is 125 Å². The highest BCUT2D eigenvalue weighted by Gasteiger charge is 2.11. The molecular weight excluding hydrogens is 292 g/mol. The molecule has 3 N–H and O–H groups in total. The number of rotatable bonds is 5. The van der Waals surface area contributed by atoms with Crippen LogP contribution in [0.1, 0.15) is 23.7 Å². The number of nitro benzene ring substituents is 1. The maximum atomic E-state index is 11.9. The Morgan fingerprint density at radius 3 is 2.95 bits per heavy atom. The molecule has 1 aromatic carbocycles. The molecule has 0 saturated carbocycles. The number of carbonyl (C=O) groups is 1. The number of thiazole rings is 1. The van der Waals surface area contributed by atoms with E-state index in [2.05, 4.69) is 10.3 Å². The number of nitrogens with one attached hydrogen (secondary N) is 1. The van der Waals surface area contributed by atoms with Gasteiger partial charge in [-0.3, -0.25) is 14.9 Å². The van der Waals surface area contributed by atoms with Gasteiger partial charge in [-0.2, -0.15) is 0 Å². The van der Waals surface area contributed by atoms with Crippen LogP contribution in [0.2, 0.25) is 0 Å². The van der Waals surface area contributed by atoms with E-state index >= 15 is 0 Å². The normalized spacial score (nSPS) is 11.9. The molecule has 21 heavy (non-hydrogen) atoms. The van der Waals surface area contributed by atoms with Crippen molar-refractivity contribution in [3.8, 4) is 0 Å². The summed E-state index contributed by atoms with van der Waals surface area (Å²) in [6.07, 6.45) is 0.103. The van der Waals surface area contributed by atoms with E-state index in [9.17, 15) is 14.9 Å². The highest BCUT2D eigenvalue weighted by Crippen LogP contribution is 2.18. The smallest absolute Gasteiger partial charge is 0.271 e. The maximum Gasteiger partial charge on any atom is 0.271 e. The van der Waals surface area contributed by atoms with Gasteiger partial charge in [0.1, 0.15) is 5.01 Å². The second kappa shape index (κ2) is 6.42. The number of nitrogens with zero attached hydrogens (tertiary/aromatic N) is 2. The molecule has 110 valence electrons. The standard InChI is InChI=1S/C13H14N4O3S/c1-8(14)13-16-10(7-21-13)6-12(18)15-9-3-2-4-11(5-9)17(19)20/h2-5,7-8H,6,14H2,1H3,(H,15,18). The van der Waals surface area contributed by atoms with Crippen LogP contribution in [0.5, 0.6) is 0 Å². The molecule has 2 aromatic rings. The average molecular weight is 306 g/mol. The number of aromatic nitrogens is 1. The van der Waals surface area contributed by atoms with Crippen LogP contribution in [0.25, 0.3) is 0 Å². The highest BCUT2D eigenvalue weighted by molar-refractivity contribution is 7.09. The third kappa shape index (κ3) is 4.07. The average Bonchev–Trinajstić information content (AvgIpc) is 2.87. The van der Waals surface area contributed by atoms with E-state index in [4.69, 9.17) is 5.73 Å². The van der Waals surface area contributed by atoms with E-state index < -0.39 is 4.92 Å². The molecule has 1 aromatic heterocycles. The van der Waals surface area contributed by atoms with Crippen LogP contribution < -0.4 is 11.1 Å². The van der Waals surface area contributed by atoms with Gasteiger partial charge in [0.25, 0.3) is 5.69 Å². The lowest BCUT2D eigenvalue weighted by atomic mass is 10.2. The molecule has 7 nitrogen and oxygen atoms in total. The summed E-state index contributed by atoms with van der Waals surface area (Å²) in [4.78, 5) is 26.3. The van der Waals surface area contributed by atoms with E-state index in [0.29, 0.717) is 11.4 Å². The molecule has 8 heteroatoms. The van der Waals surface area contributed by atoms with Crippen LogP contribution in [0.15, 0.2) is 29.6 Å². The predicted octanol–water partition coefficient (Wildman–Crippen LogP) is 2.25. The number of carbonyl (C=O) groups excluding carboxylic acids is 1. The van der Waals surface area contributed by atoms with E-state index in [0.717, 1.165) is 5.01 Å². The lowest BCUT2D eigenvalue weighted by Gasteiger charge is -2.03. The molecular formula is C13H14N4O3S. The van der Waals surface area contributed by atoms with Gasteiger partial charge in [0.2, 0.25) is 5.91 Å². The number of hydrogen-bond donors (Lipinski definition) is 2. The van der Waals surface area contributed by atoms with Crippen molar-refractivity contribution in [1.82, 2.24) is 4.98 Å². The predicted molar refractivity (Wildman–Crippen MR) is 80.1 cm³/mol. The van der Waals surface area contributed by atoms with Crippen LogP contribution >= 0.6 is 11.3 Å². The van der Waals surface area contributed by atoms with Crippen LogP contribution in [-0.2, 0) is 11.2 Å². The summed E-state index contributed by atoms with van der Waals surface area (Å²) >= 11 is 1.41. The van der Waals surface area contributed by atoms with Crippen molar-refractivity contribution in [1.29, 1.82) is 0 Å². The first-order valence-electron chi connectivity index (χ1n) is 6.20. The van der Waals surface area contributed by atoms with Gasteiger partial charge in [-0.25, -0.2) is 4.98 Å². The Bertz CT molecular complexity index is 669.